The first-order valence-corrected chi connectivity index (χ1v) is 8.49. The van der Waals surface area contributed by atoms with Crippen LogP contribution in [0.5, 0.6) is 11.5 Å². The standard InChI is InChI=1S/C20H24N2O3/c1-24-18-10-6-9-17(19(18)25-2)20(23)21-16-11-12-22(14-16)13-15-7-4-3-5-8-15/h3-10,16H,11-14H2,1-2H3,(H,21,23)/t16-/m0/s1. The third-order valence-electron chi connectivity index (χ3n) is 4.50. The number of amides is 1. The van der Waals surface area contributed by atoms with Crippen molar-refractivity contribution in [2.75, 3.05) is 27.3 Å². The number of likely N-dealkylation sites (tertiary alicyclic amines) is 1. The first-order chi connectivity index (χ1) is 12.2. The Balaban J connectivity index is 1.61. The van der Waals surface area contributed by atoms with E-state index >= 15 is 0 Å². The average Bonchev–Trinajstić information content (AvgIpc) is 3.08. The van der Waals surface area contributed by atoms with Crippen molar-refractivity contribution in [3.05, 3.63) is 59.7 Å². The van der Waals surface area contributed by atoms with Crippen LogP contribution >= 0.6 is 0 Å². The van der Waals surface area contributed by atoms with Crippen molar-refractivity contribution in [3.8, 4) is 11.5 Å². The summed E-state index contributed by atoms with van der Waals surface area (Å²) in [4.78, 5) is 15.0. The van der Waals surface area contributed by atoms with Crippen molar-refractivity contribution in [1.29, 1.82) is 0 Å². The molecule has 5 heteroatoms. The third-order valence-corrected chi connectivity index (χ3v) is 4.50. The second-order valence-corrected chi connectivity index (χ2v) is 6.22. The molecule has 0 aliphatic carbocycles. The second-order valence-electron chi connectivity index (χ2n) is 6.22. The number of para-hydroxylation sites is 1. The van der Waals surface area contributed by atoms with Gasteiger partial charge in [-0.25, -0.2) is 0 Å². The van der Waals surface area contributed by atoms with Crippen molar-refractivity contribution in [2.45, 2.75) is 19.0 Å². The molecule has 0 unspecified atom stereocenters. The van der Waals surface area contributed by atoms with Gasteiger partial charge in [-0.05, 0) is 24.1 Å². The summed E-state index contributed by atoms with van der Waals surface area (Å²) in [7, 11) is 3.11. The summed E-state index contributed by atoms with van der Waals surface area (Å²) in [5.41, 5.74) is 1.80. The van der Waals surface area contributed by atoms with Crippen LogP contribution in [0.4, 0.5) is 0 Å². The number of methoxy groups -OCH3 is 2. The molecule has 3 rings (SSSR count). The predicted octanol–water partition coefficient (Wildman–Crippen LogP) is 2.71. The molecule has 1 atom stereocenters. The zero-order valence-corrected chi connectivity index (χ0v) is 14.7. The van der Waals surface area contributed by atoms with Crippen molar-refractivity contribution in [1.82, 2.24) is 10.2 Å². The van der Waals surface area contributed by atoms with Gasteiger partial charge in [-0.2, -0.15) is 0 Å². The Morgan fingerprint density at radius 3 is 2.64 bits per heavy atom. The molecule has 0 spiro atoms. The lowest BCUT2D eigenvalue weighted by Crippen LogP contribution is -2.37. The van der Waals surface area contributed by atoms with Crippen molar-refractivity contribution in [3.63, 3.8) is 0 Å². The molecule has 1 aliphatic heterocycles. The summed E-state index contributed by atoms with van der Waals surface area (Å²) < 4.78 is 10.6. The van der Waals surface area contributed by atoms with Crippen molar-refractivity contribution in [2.24, 2.45) is 0 Å². The molecule has 0 radical (unpaired) electrons. The van der Waals surface area contributed by atoms with Crippen LogP contribution in [0.15, 0.2) is 48.5 Å². The van der Waals surface area contributed by atoms with Gasteiger partial charge in [0.1, 0.15) is 0 Å². The van der Waals surface area contributed by atoms with Gasteiger partial charge in [0.15, 0.2) is 11.5 Å². The Morgan fingerprint density at radius 2 is 1.92 bits per heavy atom. The van der Waals surface area contributed by atoms with Crippen LogP contribution in [-0.2, 0) is 6.54 Å². The van der Waals surface area contributed by atoms with Gasteiger partial charge in [0.25, 0.3) is 5.91 Å². The summed E-state index contributed by atoms with van der Waals surface area (Å²) in [5.74, 6) is 0.913. The van der Waals surface area contributed by atoms with E-state index in [0.717, 1.165) is 26.1 Å². The number of rotatable bonds is 6. The Morgan fingerprint density at radius 1 is 1.12 bits per heavy atom. The van der Waals surface area contributed by atoms with Crippen LogP contribution in [0.1, 0.15) is 22.3 Å². The zero-order valence-electron chi connectivity index (χ0n) is 14.7. The maximum atomic E-state index is 12.6. The highest BCUT2D eigenvalue weighted by Crippen LogP contribution is 2.30. The monoisotopic (exact) mass is 340 g/mol. The van der Waals surface area contributed by atoms with Crippen LogP contribution in [0, 0.1) is 0 Å². The summed E-state index contributed by atoms with van der Waals surface area (Å²) >= 11 is 0. The van der Waals surface area contributed by atoms with Gasteiger partial charge in [-0.15, -0.1) is 0 Å². The van der Waals surface area contributed by atoms with E-state index in [9.17, 15) is 4.79 Å². The van der Waals surface area contributed by atoms with Crippen LogP contribution in [-0.4, -0.2) is 44.2 Å². The summed E-state index contributed by atoms with van der Waals surface area (Å²) in [5, 5.41) is 3.12. The van der Waals surface area contributed by atoms with E-state index in [0.29, 0.717) is 17.1 Å². The molecule has 132 valence electrons. The van der Waals surface area contributed by atoms with Crippen LogP contribution in [0.2, 0.25) is 0 Å². The molecule has 2 aromatic carbocycles. The molecule has 1 fully saturated rings. The number of nitrogens with zero attached hydrogens (tertiary/aromatic N) is 1. The minimum absolute atomic E-state index is 0.123. The molecular formula is C20H24N2O3. The Hall–Kier alpha value is -2.53. The van der Waals surface area contributed by atoms with Gasteiger partial charge in [0.05, 0.1) is 19.8 Å². The fourth-order valence-electron chi connectivity index (χ4n) is 3.26. The molecule has 2 aromatic rings. The lowest BCUT2D eigenvalue weighted by Gasteiger charge is -2.18. The van der Waals surface area contributed by atoms with Gasteiger partial charge < -0.3 is 14.8 Å². The topological polar surface area (TPSA) is 50.8 Å². The molecule has 1 N–H and O–H groups in total. The highest BCUT2D eigenvalue weighted by atomic mass is 16.5. The smallest absolute Gasteiger partial charge is 0.255 e. The van der Waals surface area contributed by atoms with Crippen molar-refractivity contribution >= 4 is 5.91 Å². The first kappa shape index (κ1) is 17.3. The molecule has 0 bridgehead atoms. The molecule has 1 saturated heterocycles. The second kappa shape index (κ2) is 8.03. The van der Waals surface area contributed by atoms with E-state index in [2.05, 4.69) is 34.5 Å². The Bertz CT molecular complexity index is 718. The van der Waals surface area contributed by atoms with E-state index in [1.807, 2.05) is 6.07 Å². The predicted molar refractivity (Wildman–Crippen MR) is 97.1 cm³/mol. The summed E-state index contributed by atoms with van der Waals surface area (Å²) in [6, 6.07) is 15.9. The fraction of sp³-hybridized carbons (Fsp3) is 0.350. The number of benzene rings is 2. The summed E-state index contributed by atoms with van der Waals surface area (Å²) in [6.07, 6.45) is 0.949. The molecule has 0 aromatic heterocycles. The van der Waals surface area contributed by atoms with Crippen LogP contribution in [0.3, 0.4) is 0 Å². The molecular weight excluding hydrogens is 316 g/mol. The van der Waals surface area contributed by atoms with Gasteiger partial charge in [0.2, 0.25) is 0 Å². The molecule has 25 heavy (non-hydrogen) atoms. The highest BCUT2D eigenvalue weighted by molar-refractivity contribution is 5.98. The van der Waals surface area contributed by atoms with E-state index in [4.69, 9.17) is 9.47 Å². The normalized spacial score (nSPS) is 17.3. The van der Waals surface area contributed by atoms with Gasteiger partial charge >= 0.3 is 0 Å². The third kappa shape index (κ3) is 4.12. The fourth-order valence-corrected chi connectivity index (χ4v) is 3.26. The Kier molecular flexibility index (Phi) is 5.56. The maximum absolute atomic E-state index is 12.6. The highest BCUT2D eigenvalue weighted by Gasteiger charge is 2.25. The minimum atomic E-state index is -0.123. The summed E-state index contributed by atoms with van der Waals surface area (Å²) in [6.45, 7) is 2.75. The lowest BCUT2D eigenvalue weighted by atomic mass is 10.1. The molecule has 1 heterocycles. The van der Waals surface area contributed by atoms with E-state index in [1.54, 1.807) is 32.4 Å². The first-order valence-electron chi connectivity index (χ1n) is 8.49. The number of hydrogen-bond donors (Lipinski definition) is 1. The van der Waals surface area contributed by atoms with E-state index < -0.39 is 0 Å². The van der Waals surface area contributed by atoms with Gasteiger partial charge in [-0.1, -0.05) is 36.4 Å². The maximum Gasteiger partial charge on any atom is 0.255 e. The number of carbonyl (C=O) groups excluding carboxylic acids is 1. The van der Waals surface area contributed by atoms with Crippen LogP contribution in [0.25, 0.3) is 0 Å². The minimum Gasteiger partial charge on any atom is -0.493 e. The lowest BCUT2D eigenvalue weighted by molar-refractivity contribution is 0.0934. The number of nitrogens with one attached hydrogen (secondary N) is 1. The van der Waals surface area contributed by atoms with Crippen molar-refractivity contribution < 1.29 is 14.3 Å². The Labute approximate surface area is 148 Å². The quantitative estimate of drug-likeness (QED) is 0.878. The average molecular weight is 340 g/mol. The zero-order chi connectivity index (χ0) is 17.6. The van der Waals surface area contributed by atoms with Crippen LogP contribution < -0.4 is 14.8 Å². The molecule has 1 amide bonds. The molecule has 1 aliphatic rings. The van der Waals surface area contributed by atoms with Gasteiger partial charge in [0, 0.05) is 25.7 Å². The number of ether oxygens (including phenoxy) is 2. The number of carbonyl (C=O) groups is 1. The van der Waals surface area contributed by atoms with Gasteiger partial charge in [-0.3, -0.25) is 9.69 Å². The number of hydrogen-bond acceptors (Lipinski definition) is 4. The molecule has 5 nitrogen and oxygen atoms in total. The van der Waals surface area contributed by atoms with E-state index in [1.165, 1.54) is 5.56 Å². The molecule has 0 saturated carbocycles. The SMILES string of the molecule is COc1cccc(C(=O)N[C@H]2CCN(Cc3ccccc3)C2)c1OC. The largest absolute Gasteiger partial charge is 0.493 e. The van der Waals surface area contributed by atoms with E-state index in [-0.39, 0.29) is 11.9 Å².